The van der Waals surface area contributed by atoms with Gasteiger partial charge in [0.15, 0.2) is 0 Å². The zero-order valence-corrected chi connectivity index (χ0v) is 35.3. The molecule has 0 aliphatic heterocycles. The molecule has 0 saturated carbocycles. The molecule has 1 N–H and O–H groups in total. The SMILES string of the molecule is CCCCCCC/C=C\CCCCCCCC(=O)OC(CO)COCCCCCCCCCCCCCCCC/C=C\CCCCCCCCCC. The molecule has 308 valence electrons. The molecule has 0 bridgehead atoms. The lowest BCUT2D eigenvalue weighted by atomic mass is 10.0. The van der Waals surface area contributed by atoms with Gasteiger partial charge in [0.25, 0.3) is 0 Å². The number of hydrogen-bond acceptors (Lipinski definition) is 4. The van der Waals surface area contributed by atoms with E-state index in [0.717, 1.165) is 19.3 Å². The van der Waals surface area contributed by atoms with Gasteiger partial charge in [-0.3, -0.25) is 4.79 Å². The Hall–Kier alpha value is -1.13. The molecule has 0 amide bonds. The van der Waals surface area contributed by atoms with Crippen LogP contribution in [0.4, 0.5) is 0 Å². The van der Waals surface area contributed by atoms with Crippen molar-refractivity contribution in [1.29, 1.82) is 0 Å². The molecule has 0 heterocycles. The number of allylic oxidation sites excluding steroid dienone is 4. The van der Waals surface area contributed by atoms with E-state index in [1.54, 1.807) is 0 Å². The molecule has 4 nitrogen and oxygen atoms in total. The van der Waals surface area contributed by atoms with Gasteiger partial charge in [0.1, 0.15) is 6.10 Å². The molecule has 0 aromatic rings. The molecule has 52 heavy (non-hydrogen) atoms. The van der Waals surface area contributed by atoms with Gasteiger partial charge >= 0.3 is 5.97 Å². The number of aliphatic hydroxyl groups is 1. The van der Waals surface area contributed by atoms with Crippen LogP contribution < -0.4 is 0 Å². The largest absolute Gasteiger partial charge is 0.457 e. The minimum absolute atomic E-state index is 0.171. The number of rotatable bonds is 44. The Morgan fingerprint density at radius 1 is 0.442 bits per heavy atom. The molecule has 0 spiro atoms. The number of unbranched alkanes of at least 4 members (excludes halogenated alkanes) is 32. The van der Waals surface area contributed by atoms with Crippen LogP contribution in [0.15, 0.2) is 24.3 Å². The van der Waals surface area contributed by atoms with Gasteiger partial charge in [0, 0.05) is 13.0 Å². The van der Waals surface area contributed by atoms with Crippen LogP contribution in [0.5, 0.6) is 0 Å². The summed E-state index contributed by atoms with van der Waals surface area (Å²) < 4.78 is 11.2. The fourth-order valence-electron chi connectivity index (χ4n) is 6.97. The van der Waals surface area contributed by atoms with E-state index in [-0.39, 0.29) is 12.6 Å². The number of hydrogen-bond donors (Lipinski definition) is 1. The standard InChI is InChI=1S/C48H92O4/c1-3-5-7-9-11-13-15-17-19-20-21-22-23-24-25-26-27-28-29-30-32-34-36-38-40-42-44-51-46-47(45-49)52-48(50)43-41-39-37-35-33-31-18-16-14-12-10-8-6-4-2/h16,18,20-21,47,49H,3-15,17,19,22-46H2,1-2H3/b18-16-,21-20-. The van der Waals surface area contributed by atoms with Crippen molar-refractivity contribution in [2.24, 2.45) is 0 Å². The number of ether oxygens (including phenoxy) is 2. The molecule has 1 atom stereocenters. The van der Waals surface area contributed by atoms with Gasteiger partial charge in [-0.05, 0) is 64.2 Å². The summed E-state index contributed by atoms with van der Waals surface area (Å²) in [6, 6.07) is 0. The van der Waals surface area contributed by atoms with E-state index in [4.69, 9.17) is 9.47 Å². The second kappa shape index (κ2) is 46.0. The van der Waals surface area contributed by atoms with Gasteiger partial charge in [0.2, 0.25) is 0 Å². The van der Waals surface area contributed by atoms with Crippen molar-refractivity contribution in [3.8, 4) is 0 Å². The molecule has 4 heteroatoms. The maximum absolute atomic E-state index is 12.2. The Morgan fingerprint density at radius 2 is 0.750 bits per heavy atom. The van der Waals surface area contributed by atoms with Crippen LogP contribution in [-0.2, 0) is 14.3 Å². The summed E-state index contributed by atoms with van der Waals surface area (Å²) in [6.07, 6.45) is 56.9. The molecule has 1 unspecified atom stereocenters. The summed E-state index contributed by atoms with van der Waals surface area (Å²) in [4.78, 5) is 12.2. The third-order valence-electron chi connectivity index (χ3n) is 10.5. The molecular weight excluding hydrogens is 641 g/mol. The van der Waals surface area contributed by atoms with Crippen molar-refractivity contribution in [3.05, 3.63) is 24.3 Å². The monoisotopic (exact) mass is 733 g/mol. The van der Waals surface area contributed by atoms with Gasteiger partial charge in [-0.1, -0.05) is 205 Å². The van der Waals surface area contributed by atoms with E-state index in [1.807, 2.05) is 0 Å². The van der Waals surface area contributed by atoms with Crippen molar-refractivity contribution in [2.75, 3.05) is 19.8 Å². The topological polar surface area (TPSA) is 55.8 Å². The molecule has 0 radical (unpaired) electrons. The van der Waals surface area contributed by atoms with Crippen LogP contribution in [0.2, 0.25) is 0 Å². The zero-order valence-electron chi connectivity index (χ0n) is 35.3. The van der Waals surface area contributed by atoms with Crippen molar-refractivity contribution in [2.45, 2.75) is 258 Å². The predicted molar refractivity (Wildman–Crippen MR) is 228 cm³/mol. The zero-order chi connectivity index (χ0) is 37.7. The second-order valence-electron chi connectivity index (χ2n) is 15.8. The lowest BCUT2D eigenvalue weighted by Crippen LogP contribution is -2.27. The number of carbonyl (C=O) groups is 1. The second-order valence-corrected chi connectivity index (χ2v) is 15.8. The third kappa shape index (κ3) is 43.3. The lowest BCUT2D eigenvalue weighted by molar-refractivity contribution is -0.154. The number of aliphatic hydroxyl groups excluding tert-OH is 1. The molecule has 0 aliphatic rings. The van der Waals surface area contributed by atoms with Crippen LogP contribution in [0, 0.1) is 0 Å². The van der Waals surface area contributed by atoms with Gasteiger partial charge in [-0.25, -0.2) is 0 Å². The first-order chi connectivity index (χ1) is 25.7. The molecule has 0 rings (SSSR count). The Kier molecular flexibility index (Phi) is 45.0. The van der Waals surface area contributed by atoms with Crippen LogP contribution in [-0.4, -0.2) is 37.0 Å². The minimum atomic E-state index is -0.535. The average molecular weight is 733 g/mol. The Morgan fingerprint density at radius 3 is 1.10 bits per heavy atom. The van der Waals surface area contributed by atoms with E-state index >= 15 is 0 Å². The summed E-state index contributed by atoms with van der Waals surface area (Å²) in [7, 11) is 0. The maximum Gasteiger partial charge on any atom is 0.306 e. The molecule has 0 aromatic carbocycles. The molecule has 0 saturated heterocycles. The Bertz CT molecular complexity index is 732. The highest BCUT2D eigenvalue weighted by molar-refractivity contribution is 5.69. The van der Waals surface area contributed by atoms with Crippen LogP contribution in [0.25, 0.3) is 0 Å². The number of esters is 1. The fourth-order valence-corrected chi connectivity index (χ4v) is 6.97. The van der Waals surface area contributed by atoms with Crippen molar-refractivity contribution in [3.63, 3.8) is 0 Å². The Labute approximate surface area is 326 Å². The average Bonchev–Trinajstić information content (AvgIpc) is 3.15. The van der Waals surface area contributed by atoms with E-state index in [0.29, 0.717) is 19.6 Å². The van der Waals surface area contributed by atoms with E-state index in [2.05, 4.69) is 38.2 Å². The van der Waals surface area contributed by atoms with Gasteiger partial charge in [0.05, 0.1) is 13.2 Å². The smallest absolute Gasteiger partial charge is 0.306 e. The number of carbonyl (C=O) groups excluding carboxylic acids is 1. The first-order valence-electron chi connectivity index (χ1n) is 23.4. The summed E-state index contributed by atoms with van der Waals surface area (Å²) in [5, 5.41) is 9.61. The summed E-state index contributed by atoms with van der Waals surface area (Å²) in [5.41, 5.74) is 0. The maximum atomic E-state index is 12.2. The van der Waals surface area contributed by atoms with Crippen molar-refractivity contribution in [1.82, 2.24) is 0 Å². The highest BCUT2D eigenvalue weighted by Crippen LogP contribution is 2.15. The van der Waals surface area contributed by atoms with E-state index in [1.165, 1.54) is 212 Å². The highest BCUT2D eigenvalue weighted by atomic mass is 16.6. The molecule has 0 aliphatic carbocycles. The van der Waals surface area contributed by atoms with Crippen LogP contribution in [0.3, 0.4) is 0 Å². The lowest BCUT2D eigenvalue weighted by Gasteiger charge is -2.15. The van der Waals surface area contributed by atoms with Gasteiger partial charge in [-0.15, -0.1) is 0 Å². The van der Waals surface area contributed by atoms with Crippen LogP contribution in [0.1, 0.15) is 251 Å². The summed E-state index contributed by atoms with van der Waals surface area (Å²) >= 11 is 0. The first-order valence-corrected chi connectivity index (χ1v) is 23.4. The molecule has 0 fully saturated rings. The van der Waals surface area contributed by atoms with Gasteiger partial charge in [-0.2, -0.15) is 0 Å². The Balaban J connectivity index is 3.36. The van der Waals surface area contributed by atoms with E-state index < -0.39 is 6.10 Å². The quantitative estimate of drug-likeness (QED) is 0.0385. The predicted octanol–water partition coefficient (Wildman–Crippen LogP) is 15.5. The molecule has 0 aromatic heterocycles. The normalized spacial score (nSPS) is 12.4. The fraction of sp³-hybridized carbons (Fsp3) is 0.896. The third-order valence-corrected chi connectivity index (χ3v) is 10.5. The summed E-state index contributed by atoms with van der Waals surface area (Å²) in [6.45, 7) is 5.36. The summed E-state index contributed by atoms with van der Waals surface area (Å²) in [5.74, 6) is -0.206. The van der Waals surface area contributed by atoms with Crippen molar-refractivity contribution >= 4 is 5.97 Å². The molecular formula is C48H92O4. The minimum Gasteiger partial charge on any atom is -0.457 e. The van der Waals surface area contributed by atoms with Gasteiger partial charge < -0.3 is 14.6 Å². The van der Waals surface area contributed by atoms with Crippen LogP contribution >= 0.6 is 0 Å². The highest BCUT2D eigenvalue weighted by Gasteiger charge is 2.13. The van der Waals surface area contributed by atoms with E-state index in [9.17, 15) is 9.90 Å². The van der Waals surface area contributed by atoms with Crippen molar-refractivity contribution < 1.29 is 19.4 Å². The first kappa shape index (κ1) is 50.9.